The first-order chi connectivity index (χ1) is 14.2. The van der Waals surface area contributed by atoms with Gasteiger partial charge < -0.3 is 10.2 Å². The van der Waals surface area contributed by atoms with E-state index in [9.17, 15) is 9.18 Å². The van der Waals surface area contributed by atoms with E-state index in [1.165, 1.54) is 18.5 Å². The number of carbonyl (C=O) groups excluding carboxylic acids is 1. The van der Waals surface area contributed by atoms with Gasteiger partial charge in [0.1, 0.15) is 17.5 Å². The Morgan fingerprint density at radius 2 is 2.10 bits per heavy atom. The summed E-state index contributed by atoms with van der Waals surface area (Å²) >= 11 is 5.92. The smallest absolute Gasteiger partial charge is 0.267 e. The number of amides is 1. The lowest BCUT2D eigenvalue weighted by Crippen LogP contribution is -2.13. The quantitative estimate of drug-likeness (QED) is 0.440. The van der Waals surface area contributed by atoms with Gasteiger partial charge in [-0.1, -0.05) is 22.8 Å². The summed E-state index contributed by atoms with van der Waals surface area (Å²) in [5, 5.41) is 6.89. The van der Waals surface area contributed by atoms with E-state index in [0.29, 0.717) is 29.2 Å². The summed E-state index contributed by atoms with van der Waals surface area (Å²) in [5.74, 6) is 0.246. The number of nitrogens with zero attached hydrogens (tertiary/aromatic N) is 4. The summed E-state index contributed by atoms with van der Waals surface area (Å²) in [5.41, 5.74) is 1.58. The average molecular weight is 414 g/mol. The van der Waals surface area contributed by atoms with Gasteiger partial charge in [0.15, 0.2) is 0 Å². The first-order valence-electron chi connectivity index (χ1n) is 8.71. The van der Waals surface area contributed by atoms with E-state index in [-0.39, 0.29) is 11.4 Å². The molecule has 1 N–H and O–H groups in total. The van der Waals surface area contributed by atoms with Crippen LogP contribution in [0.4, 0.5) is 10.2 Å². The van der Waals surface area contributed by atoms with Gasteiger partial charge in [0, 0.05) is 36.6 Å². The number of oxime groups is 1. The molecular formula is C20H17ClFN5O2. The van der Waals surface area contributed by atoms with E-state index < -0.39 is 12.6 Å². The molecule has 0 saturated heterocycles. The van der Waals surface area contributed by atoms with Gasteiger partial charge in [-0.2, -0.15) is 0 Å². The Morgan fingerprint density at radius 1 is 1.21 bits per heavy atom. The van der Waals surface area contributed by atoms with Gasteiger partial charge >= 0.3 is 0 Å². The monoisotopic (exact) mass is 413 g/mol. The van der Waals surface area contributed by atoms with Crippen LogP contribution in [0, 0.1) is 0 Å². The van der Waals surface area contributed by atoms with Crippen molar-refractivity contribution in [1.82, 2.24) is 15.0 Å². The molecule has 0 fully saturated rings. The highest BCUT2D eigenvalue weighted by Gasteiger charge is 2.08. The summed E-state index contributed by atoms with van der Waals surface area (Å²) in [6.07, 6.45) is 8.91. The van der Waals surface area contributed by atoms with Gasteiger partial charge in [0.05, 0.1) is 5.56 Å². The Balaban J connectivity index is 1.48. The molecule has 0 aromatic carbocycles. The van der Waals surface area contributed by atoms with Crippen molar-refractivity contribution >= 4 is 29.5 Å². The Hall–Kier alpha value is -3.39. The third kappa shape index (κ3) is 6.05. The van der Waals surface area contributed by atoms with Crippen molar-refractivity contribution in [1.29, 1.82) is 0 Å². The predicted molar refractivity (Wildman–Crippen MR) is 108 cm³/mol. The van der Waals surface area contributed by atoms with E-state index in [1.54, 1.807) is 36.8 Å². The van der Waals surface area contributed by atoms with Gasteiger partial charge in [0.25, 0.3) is 11.8 Å². The molecule has 0 unspecified atom stereocenters. The van der Waals surface area contributed by atoms with Gasteiger partial charge in [-0.05, 0) is 42.7 Å². The zero-order chi connectivity index (χ0) is 20.5. The Bertz CT molecular complexity index is 998. The number of hydrogen-bond acceptors (Lipinski definition) is 6. The fraction of sp³-hybridized carbons (Fsp3) is 0.150. The van der Waals surface area contributed by atoms with Crippen LogP contribution < -0.4 is 10.2 Å². The Kier molecular flexibility index (Phi) is 7.18. The molecule has 3 heterocycles. The molecular weight excluding hydrogens is 397 g/mol. The molecule has 9 heteroatoms. The number of halogens is 2. The van der Waals surface area contributed by atoms with Crippen molar-refractivity contribution in [3.05, 3.63) is 76.8 Å². The molecule has 3 rings (SSSR count). The second kappa shape index (κ2) is 10.2. The van der Waals surface area contributed by atoms with Gasteiger partial charge in [-0.25, -0.2) is 14.4 Å². The van der Waals surface area contributed by atoms with E-state index in [2.05, 4.69) is 25.4 Å². The lowest BCUT2D eigenvalue weighted by Gasteiger charge is -2.06. The molecule has 0 aliphatic rings. The van der Waals surface area contributed by atoms with Gasteiger partial charge in [-0.3, -0.25) is 9.78 Å². The second-order valence-electron chi connectivity index (χ2n) is 5.93. The first kappa shape index (κ1) is 20.3. The van der Waals surface area contributed by atoms with Crippen molar-refractivity contribution in [2.24, 2.45) is 5.16 Å². The molecule has 0 spiro atoms. The molecule has 29 heavy (non-hydrogen) atoms. The summed E-state index contributed by atoms with van der Waals surface area (Å²) in [4.78, 5) is 29.4. The van der Waals surface area contributed by atoms with E-state index in [1.807, 2.05) is 6.07 Å². The average Bonchev–Trinajstić information content (AvgIpc) is 2.76. The molecule has 3 aromatic heterocycles. The maximum atomic E-state index is 12.7. The number of alkyl halides is 1. The van der Waals surface area contributed by atoms with Crippen LogP contribution in [0.15, 0.2) is 60.3 Å². The van der Waals surface area contributed by atoms with Crippen LogP contribution in [0.3, 0.4) is 0 Å². The highest BCUT2D eigenvalue weighted by Crippen LogP contribution is 2.19. The third-order valence-corrected chi connectivity index (χ3v) is 4.07. The standard InChI is InChI=1S/C20H17ClFN5O2/c21-17-4-2-7-24-20(17)29-26-8-1-3-14-5-6-18(25-12-14)27-19(28)16-9-15(10-22)11-23-13-16/h2,4-9,11-13H,1,3,10H2,(H,25,27,28)/b26-8+. The van der Waals surface area contributed by atoms with Gasteiger partial charge in [-0.15, -0.1) is 0 Å². The van der Waals surface area contributed by atoms with Crippen molar-refractivity contribution in [3.8, 4) is 5.88 Å². The highest BCUT2D eigenvalue weighted by molar-refractivity contribution is 6.31. The Labute approximate surface area is 171 Å². The van der Waals surface area contributed by atoms with E-state index in [0.717, 1.165) is 5.56 Å². The number of nitrogens with one attached hydrogen (secondary N) is 1. The zero-order valence-corrected chi connectivity index (χ0v) is 16.0. The normalized spacial score (nSPS) is 10.8. The minimum atomic E-state index is -0.676. The molecule has 0 aliphatic heterocycles. The number of anilines is 1. The summed E-state index contributed by atoms with van der Waals surface area (Å²) in [6.45, 7) is -0.676. The fourth-order valence-electron chi connectivity index (χ4n) is 2.33. The largest absolute Gasteiger partial charge is 0.335 e. The fourth-order valence-corrected chi connectivity index (χ4v) is 2.49. The van der Waals surface area contributed by atoms with Crippen LogP contribution in [0.5, 0.6) is 5.88 Å². The van der Waals surface area contributed by atoms with Crippen LogP contribution in [-0.4, -0.2) is 27.1 Å². The van der Waals surface area contributed by atoms with Crippen molar-refractivity contribution in [3.63, 3.8) is 0 Å². The lowest BCUT2D eigenvalue weighted by molar-refractivity contribution is 0.102. The minimum absolute atomic E-state index is 0.249. The second-order valence-corrected chi connectivity index (χ2v) is 6.34. The van der Waals surface area contributed by atoms with Crippen LogP contribution in [0.25, 0.3) is 0 Å². The summed E-state index contributed by atoms with van der Waals surface area (Å²) < 4.78 is 12.7. The van der Waals surface area contributed by atoms with Crippen LogP contribution in [0.2, 0.25) is 5.02 Å². The van der Waals surface area contributed by atoms with E-state index in [4.69, 9.17) is 16.4 Å². The van der Waals surface area contributed by atoms with Gasteiger partial charge in [0.2, 0.25) is 0 Å². The van der Waals surface area contributed by atoms with Crippen LogP contribution in [-0.2, 0) is 13.1 Å². The maximum Gasteiger partial charge on any atom is 0.267 e. The van der Waals surface area contributed by atoms with Crippen LogP contribution in [0.1, 0.15) is 27.9 Å². The SMILES string of the molecule is O=C(Nc1ccc(CC/C=N/Oc2ncccc2Cl)cn1)c1cncc(CF)c1. The molecule has 0 bridgehead atoms. The zero-order valence-electron chi connectivity index (χ0n) is 15.3. The Morgan fingerprint density at radius 3 is 2.86 bits per heavy atom. The molecule has 0 saturated carbocycles. The minimum Gasteiger partial charge on any atom is -0.335 e. The summed E-state index contributed by atoms with van der Waals surface area (Å²) in [7, 11) is 0. The molecule has 0 aliphatic carbocycles. The predicted octanol–water partition coefficient (Wildman–Crippen LogP) is 4.24. The lowest BCUT2D eigenvalue weighted by atomic mass is 10.1. The van der Waals surface area contributed by atoms with Crippen molar-refractivity contribution < 1.29 is 14.0 Å². The molecule has 1 amide bonds. The first-order valence-corrected chi connectivity index (χ1v) is 9.09. The maximum absolute atomic E-state index is 12.7. The molecule has 7 nitrogen and oxygen atoms in total. The topological polar surface area (TPSA) is 89.4 Å². The number of aromatic nitrogens is 3. The van der Waals surface area contributed by atoms with E-state index >= 15 is 0 Å². The number of aryl methyl sites for hydroxylation is 1. The molecule has 0 radical (unpaired) electrons. The number of pyridine rings is 3. The van der Waals surface area contributed by atoms with Crippen LogP contribution >= 0.6 is 11.6 Å². The third-order valence-electron chi connectivity index (χ3n) is 3.78. The number of hydrogen-bond donors (Lipinski definition) is 1. The molecule has 0 atom stereocenters. The summed E-state index contributed by atoms with van der Waals surface area (Å²) in [6, 6.07) is 8.37. The molecule has 148 valence electrons. The van der Waals surface area contributed by atoms with Crippen molar-refractivity contribution in [2.75, 3.05) is 5.32 Å². The number of rotatable bonds is 8. The van der Waals surface area contributed by atoms with Crippen molar-refractivity contribution in [2.45, 2.75) is 19.5 Å². The molecule has 3 aromatic rings. The number of carbonyl (C=O) groups is 1. The highest BCUT2D eigenvalue weighted by atomic mass is 35.5.